The van der Waals surface area contributed by atoms with Gasteiger partial charge < -0.3 is 10.5 Å². The van der Waals surface area contributed by atoms with Gasteiger partial charge in [-0.2, -0.15) is 4.31 Å². The molecule has 1 heterocycles. The molecule has 22 heavy (non-hydrogen) atoms. The Morgan fingerprint density at radius 3 is 2.73 bits per heavy atom. The van der Waals surface area contributed by atoms with Crippen LogP contribution in [-0.4, -0.2) is 43.9 Å². The van der Waals surface area contributed by atoms with Crippen molar-refractivity contribution in [2.24, 2.45) is 5.73 Å². The van der Waals surface area contributed by atoms with Crippen LogP contribution in [0.5, 0.6) is 5.75 Å². The molecular formula is C12H18ClN3O5S. The van der Waals surface area contributed by atoms with Gasteiger partial charge in [-0.25, -0.2) is 8.42 Å². The summed E-state index contributed by atoms with van der Waals surface area (Å²) >= 11 is 0. The van der Waals surface area contributed by atoms with Crippen molar-refractivity contribution in [2.45, 2.75) is 23.8 Å². The number of hydrogen-bond acceptors (Lipinski definition) is 6. The standard InChI is InChI=1S/C12H17N3O5S.ClH/c1-20-11-5-4-9(15(16)17)7-12(11)21(18,19)14-6-2-3-10(14)8-13;/h4-5,7,10H,2-3,6,8,13H2,1H3;1H. The maximum absolute atomic E-state index is 12.7. The van der Waals surface area contributed by atoms with Crippen molar-refractivity contribution in [3.05, 3.63) is 28.3 Å². The fraction of sp³-hybridized carbons (Fsp3) is 0.500. The van der Waals surface area contributed by atoms with Crippen LogP contribution in [-0.2, 0) is 10.0 Å². The summed E-state index contributed by atoms with van der Waals surface area (Å²) in [5.74, 6) is 0.0864. The van der Waals surface area contributed by atoms with Gasteiger partial charge in [0.2, 0.25) is 10.0 Å². The monoisotopic (exact) mass is 351 g/mol. The predicted octanol–water partition coefficient (Wildman–Crippen LogP) is 1.14. The fourth-order valence-electron chi connectivity index (χ4n) is 2.47. The van der Waals surface area contributed by atoms with E-state index in [4.69, 9.17) is 10.5 Å². The van der Waals surface area contributed by atoms with Gasteiger partial charge >= 0.3 is 0 Å². The Morgan fingerprint density at radius 2 is 2.18 bits per heavy atom. The Kier molecular flexibility index (Phi) is 6.12. The average Bonchev–Trinajstić information content (AvgIpc) is 2.95. The number of non-ortho nitro benzene ring substituents is 1. The average molecular weight is 352 g/mol. The molecule has 1 aromatic rings. The van der Waals surface area contributed by atoms with Gasteiger partial charge in [-0.3, -0.25) is 10.1 Å². The Hall–Kier alpha value is -1.42. The maximum Gasteiger partial charge on any atom is 0.271 e. The van der Waals surface area contributed by atoms with Crippen molar-refractivity contribution in [3.63, 3.8) is 0 Å². The first-order valence-corrected chi connectivity index (χ1v) is 7.90. The molecule has 1 aliphatic rings. The molecule has 2 rings (SSSR count). The largest absolute Gasteiger partial charge is 0.495 e. The first-order valence-electron chi connectivity index (χ1n) is 6.46. The van der Waals surface area contributed by atoms with Crippen molar-refractivity contribution >= 4 is 28.1 Å². The van der Waals surface area contributed by atoms with Gasteiger partial charge in [0.15, 0.2) is 0 Å². The lowest BCUT2D eigenvalue weighted by molar-refractivity contribution is -0.385. The number of hydrogen-bond donors (Lipinski definition) is 1. The number of sulfonamides is 1. The number of nitrogens with zero attached hydrogens (tertiary/aromatic N) is 2. The highest BCUT2D eigenvalue weighted by molar-refractivity contribution is 7.89. The van der Waals surface area contributed by atoms with Crippen molar-refractivity contribution < 1.29 is 18.1 Å². The Morgan fingerprint density at radius 1 is 1.50 bits per heavy atom. The normalized spacial score (nSPS) is 18.7. The van der Waals surface area contributed by atoms with Crippen LogP contribution in [0.4, 0.5) is 5.69 Å². The fourth-order valence-corrected chi connectivity index (χ4v) is 4.35. The summed E-state index contributed by atoms with van der Waals surface area (Å²) in [7, 11) is -2.55. The van der Waals surface area contributed by atoms with E-state index in [9.17, 15) is 18.5 Å². The van der Waals surface area contributed by atoms with Crippen molar-refractivity contribution in [2.75, 3.05) is 20.2 Å². The SMILES string of the molecule is COc1ccc([N+](=O)[O-])cc1S(=O)(=O)N1CCCC1CN.Cl. The Bertz CT molecular complexity index is 652. The van der Waals surface area contributed by atoms with Gasteiger partial charge in [0, 0.05) is 31.3 Å². The first kappa shape index (κ1) is 18.6. The van der Waals surface area contributed by atoms with Crippen molar-refractivity contribution in [1.82, 2.24) is 4.31 Å². The molecule has 1 fully saturated rings. The topological polar surface area (TPSA) is 116 Å². The van der Waals surface area contributed by atoms with E-state index >= 15 is 0 Å². The third-order valence-corrected chi connectivity index (χ3v) is 5.51. The molecule has 0 amide bonds. The highest BCUT2D eigenvalue weighted by Crippen LogP contribution is 2.33. The summed E-state index contributed by atoms with van der Waals surface area (Å²) in [5.41, 5.74) is 5.31. The van der Waals surface area contributed by atoms with Crippen LogP contribution < -0.4 is 10.5 Å². The third kappa shape index (κ3) is 3.32. The van der Waals surface area contributed by atoms with E-state index in [-0.39, 0.29) is 41.3 Å². The zero-order valence-corrected chi connectivity index (χ0v) is 13.6. The summed E-state index contributed by atoms with van der Waals surface area (Å²) < 4.78 is 31.8. The smallest absolute Gasteiger partial charge is 0.271 e. The summed E-state index contributed by atoms with van der Waals surface area (Å²) in [6, 6.07) is 3.25. The van der Waals surface area contributed by atoms with Crippen LogP contribution >= 0.6 is 12.4 Å². The van der Waals surface area contributed by atoms with Crippen LogP contribution in [0.3, 0.4) is 0 Å². The number of benzene rings is 1. The zero-order valence-electron chi connectivity index (χ0n) is 12.0. The molecular weight excluding hydrogens is 334 g/mol. The van der Waals surface area contributed by atoms with Gasteiger partial charge in [-0.1, -0.05) is 0 Å². The zero-order chi connectivity index (χ0) is 15.6. The van der Waals surface area contributed by atoms with Gasteiger partial charge in [-0.05, 0) is 18.9 Å². The lowest BCUT2D eigenvalue weighted by Gasteiger charge is -2.23. The molecule has 1 aromatic carbocycles. The van der Waals surface area contributed by atoms with Crippen LogP contribution in [0.15, 0.2) is 23.1 Å². The number of ether oxygens (including phenoxy) is 1. The third-order valence-electron chi connectivity index (χ3n) is 3.54. The molecule has 1 saturated heterocycles. The van der Waals surface area contributed by atoms with Gasteiger partial charge in [-0.15, -0.1) is 12.4 Å². The van der Waals surface area contributed by atoms with E-state index in [1.54, 1.807) is 0 Å². The van der Waals surface area contributed by atoms with Gasteiger partial charge in [0.25, 0.3) is 5.69 Å². The van der Waals surface area contributed by atoms with Crippen LogP contribution in [0.2, 0.25) is 0 Å². The van der Waals surface area contributed by atoms with E-state index in [0.29, 0.717) is 13.0 Å². The van der Waals surface area contributed by atoms with Crippen molar-refractivity contribution in [3.8, 4) is 5.75 Å². The van der Waals surface area contributed by atoms with Crippen LogP contribution in [0.1, 0.15) is 12.8 Å². The second-order valence-corrected chi connectivity index (χ2v) is 6.60. The molecule has 124 valence electrons. The number of halogens is 1. The molecule has 0 radical (unpaired) electrons. The lowest BCUT2D eigenvalue weighted by Crippen LogP contribution is -2.40. The minimum absolute atomic E-state index is 0. The van der Waals surface area contributed by atoms with Gasteiger partial charge in [0.05, 0.1) is 12.0 Å². The molecule has 10 heteroatoms. The van der Waals surface area contributed by atoms with E-state index in [1.807, 2.05) is 0 Å². The molecule has 8 nitrogen and oxygen atoms in total. The minimum Gasteiger partial charge on any atom is -0.495 e. The molecule has 1 unspecified atom stereocenters. The van der Waals surface area contributed by atoms with E-state index in [1.165, 1.54) is 23.5 Å². The summed E-state index contributed by atoms with van der Waals surface area (Å²) in [6.45, 7) is 0.576. The van der Waals surface area contributed by atoms with Crippen LogP contribution in [0.25, 0.3) is 0 Å². The van der Waals surface area contributed by atoms with Crippen molar-refractivity contribution in [1.29, 1.82) is 0 Å². The first-order chi connectivity index (χ1) is 9.91. The Labute approximate surface area is 134 Å². The molecule has 0 aliphatic carbocycles. The molecule has 0 aromatic heterocycles. The van der Waals surface area contributed by atoms with E-state index in [0.717, 1.165) is 12.5 Å². The highest BCUT2D eigenvalue weighted by atomic mass is 35.5. The second kappa shape index (κ2) is 7.23. The Balaban J connectivity index is 0.00000242. The number of nitrogens with two attached hydrogens (primary N) is 1. The van der Waals surface area contributed by atoms with E-state index < -0.39 is 14.9 Å². The molecule has 1 aliphatic heterocycles. The number of nitro groups is 1. The van der Waals surface area contributed by atoms with E-state index in [2.05, 4.69) is 0 Å². The maximum atomic E-state index is 12.7. The number of rotatable bonds is 5. The molecule has 2 N–H and O–H groups in total. The second-order valence-electron chi connectivity index (χ2n) is 4.74. The number of nitro benzene ring substituents is 1. The molecule has 0 spiro atoms. The summed E-state index contributed by atoms with van der Waals surface area (Å²) in [6.07, 6.45) is 1.41. The molecule has 1 atom stereocenters. The highest BCUT2D eigenvalue weighted by Gasteiger charge is 2.36. The number of methoxy groups -OCH3 is 1. The minimum atomic E-state index is -3.87. The van der Waals surface area contributed by atoms with Gasteiger partial charge in [0.1, 0.15) is 10.6 Å². The predicted molar refractivity (Wildman–Crippen MR) is 82.9 cm³/mol. The quantitative estimate of drug-likeness (QED) is 0.628. The summed E-state index contributed by atoms with van der Waals surface area (Å²) in [5, 5.41) is 10.9. The lowest BCUT2D eigenvalue weighted by atomic mass is 10.2. The van der Waals surface area contributed by atoms with Crippen LogP contribution in [0, 0.1) is 10.1 Å². The molecule has 0 bridgehead atoms. The molecule has 0 saturated carbocycles. The summed E-state index contributed by atoms with van der Waals surface area (Å²) in [4.78, 5) is 10.0.